The van der Waals surface area contributed by atoms with Crippen LogP contribution in [0.25, 0.3) is 5.57 Å². The molecule has 0 aromatic heterocycles. The molecular formula is C16H17N. The van der Waals surface area contributed by atoms with Gasteiger partial charge in [-0.2, -0.15) is 0 Å². The van der Waals surface area contributed by atoms with Crippen molar-refractivity contribution in [1.29, 1.82) is 0 Å². The third-order valence-corrected chi connectivity index (χ3v) is 2.71. The highest BCUT2D eigenvalue weighted by molar-refractivity contribution is 5.67. The molecule has 2 aromatic carbocycles. The monoisotopic (exact) mass is 223 g/mol. The minimum Gasteiger partial charge on any atom is -0.381 e. The van der Waals surface area contributed by atoms with Crippen LogP contribution in [0.2, 0.25) is 0 Å². The molecule has 2 rings (SSSR count). The van der Waals surface area contributed by atoms with Crippen LogP contribution in [0.5, 0.6) is 0 Å². The van der Waals surface area contributed by atoms with Gasteiger partial charge in [-0.05, 0) is 35.8 Å². The predicted molar refractivity (Wildman–Crippen MR) is 75.1 cm³/mol. The van der Waals surface area contributed by atoms with E-state index in [9.17, 15) is 0 Å². The Bertz CT molecular complexity index is 500. The molecule has 17 heavy (non-hydrogen) atoms. The van der Waals surface area contributed by atoms with Gasteiger partial charge in [0.2, 0.25) is 0 Å². The molecule has 0 atom stereocenters. The van der Waals surface area contributed by atoms with Crippen LogP contribution in [-0.4, -0.2) is 6.54 Å². The van der Waals surface area contributed by atoms with Crippen LogP contribution in [0, 0.1) is 6.92 Å². The Hall–Kier alpha value is -2.02. The second-order valence-electron chi connectivity index (χ2n) is 4.19. The quantitative estimate of drug-likeness (QED) is 0.822. The summed E-state index contributed by atoms with van der Waals surface area (Å²) in [6.07, 6.45) is 0. The first-order valence-corrected chi connectivity index (χ1v) is 5.79. The average Bonchev–Trinajstić information content (AvgIpc) is 2.37. The first-order valence-electron chi connectivity index (χ1n) is 5.79. The Morgan fingerprint density at radius 1 is 1.06 bits per heavy atom. The summed E-state index contributed by atoms with van der Waals surface area (Å²) in [7, 11) is 0. The molecule has 1 heteroatoms. The molecule has 0 spiro atoms. The van der Waals surface area contributed by atoms with Gasteiger partial charge in [0.15, 0.2) is 0 Å². The van der Waals surface area contributed by atoms with Crippen LogP contribution in [0.3, 0.4) is 0 Å². The van der Waals surface area contributed by atoms with Crippen molar-refractivity contribution in [3.05, 3.63) is 72.3 Å². The maximum absolute atomic E-state index is 4.10. The highest BCUT2D eigenvalue weighted by Crippen LogP contribution is 2.14. The molecule has 0 heterocycles. The van der Waals surface area contributed by atoms with Gasteiger partial charge in [0.05, 0.1) is 0 Å². The molecule has 0 aliphatic heterocycles. The number of hydrogen-bond acceptors (Lipinski definition) is 1. The molecule has 0 aliphatic rings. The van der Waals surface area contributed by atoms with E-state index < -0.39 is 0 Å². The second-order valence-corrected chi connectivity index (χ2v) is 4.19. The average molecular weight is 223 g/mol. The highest BCUT2D eigenvalue weighted by Gasteiger charge is 1.98. The molecular weight excluding hydrogens is 206 g/mol. The fourth-order valence-corrected chi connectivity index (χ4v) is 1.74. The number of anilines is 1. The standard InChI is InChI=1S/C16H17N/c1-13-7-6-10-16(11-13)17-12-14(2)15-8-4-3-5-9-15/h3-11,17H,2,12H2,1H3. The van der Waals surface area contributed by atoms with Crippen molar-refractivity contribution in [2.24, 2.45) is 0 Å². The van der Waals surface area contributed by atoms with Crippen molar-refractivity contribution in [1.82, 2.24) is 0 Å². The molecule has 0 aliphatic carbocycles. The van der Waals surface area contributed by atoms with Gasteiger partial charge in [-0.15, -0.1) is 0 Å². The van der Waals surface area contributed by atoms with Crippen molar-refractivity contribution in [3.8, 4) is 0 Å². The van der Waals surface area contributed by atoms with Crippen LogP contribution in [0.4, 0.5) is 5.69 Å². The van der Waals surface area contributed by atoms with Crippen molar-refractivity contribution >= 4 is 11.3 Å². The summed E-state index contributed by atoms with van der Waals surface area (Å²) >= 11 is 0. The van der Waals surface area contributed by atoms with E-state index in [1.807, 2.05) is 18.2 Å². The van der Waals surface area contributed by atoms with Crippen LogP contribution in [0.15, 0.2) is 61.2 Å². The fourth-order valence-electron chi connectivity index (χ4n) is 1.74. The van der Waals surface area contributed by atoms with Crippen LogP contribution < -0.4 is 5.32 Å². The fraction of sp³-hybridized carbons (Fsp3) is 0.125. The van der Waals surface area contributed by atoms with E-state index in [1.165, 1.54) is 11.1 Å². The summed E-state index contributed by atoms with van der Waals surface area (Å²) in [6.45, 7) is 6.97. The van der Waals surface area contributed by atoms with E-state index in [2.05, 4.69) is 55.2 Å². The van der Waals surface area contributed by atoms with Gasteiger partial charge in [-0.1, -0.05) is 49.0 Å². The van der Waals surface area contributed by atoms with Gasteiger partial charge in [-0.3, -0.25) is 0 Å². The molecule has 1 N–H and O–H groups in total. The predicted octanol–water partition coefficient (Wildman–Crippen LogP) is 4.12. The number of hydrogen-bond donors (Lipinski definition) is 1. The first kappa shape index (κ1) is 11.5. The molecule has 0 radical (unpaired) electrons. The molecule has 0 fully saturated rings. The van der Waals surface area contributed by atoms with Crippen molar-refractivity contribution in [3.63, 3.8) is 0 Å². The van der Waals surface area contributed by atoms with Crippen molar-refractivity contribution < 1.29 is 0 Å². The number of aryl methyl sites for hydroxylation is 1. The van der Waals surface area contributed by atoms with Crippen LogP contribution in [-0.2, 0) is 0 Å². The SMILES string of the molecule is C=C(CNc1cccc(C)c1)c1ccccc1. The van der Waals surface area contributed by atoms with Gasteiger partial charge >= 0.3 is 0 Å². The third kappa shape index (κ3) is 3.22. The Balaban J connectivity index is 1.97. The molecule has 2 aromatic rings. The zero-order valence-corrected chi connectivity index (χ0v) is 10.1. The van der Waals surface area contributed by atoms with E-state index in [1.54, 1.807) is 0 Å². The van der Waals surface area contributed by atoms with E-state index in [-0.39, 0.29) is 0 Å². The summed E-state index contributed by atoms with van der Waals surface area (Å²) in [5.41, 5.74) is 4.70. The van der Waals surface area contributed by atoms with Crippen molar-refractivity contribution in [2.45, 2.75) is 6.92 Å². The van der Waals surface area contributed by atoms with Gasteiger partial charge in [0.25, 0.3) is 0 Å². The Morgan fingerprint density at radius 2 is 1.82 bits per heavy atom. The Kier molecular flexibility index (Phi) is 3.61. The third-order valence-electron chi connectivity index (χ3n) is 2.71. The second kappa shape index (κ2) is 5.35. The first-order chi connectivity index (χ1) is 8.25. The van der Waals surface area contributed by atoms with E-state index in [4.69, 9.17) is 0 Å². The summed E-state index contributed by atoms with van der Waals surface area (Å²) in [6, 6.07) is 18.6. The van der Waals surface area contributed by atoms with Crippen LogP contribution >= 0.6 is 0 Å². The zero-order valence-electron chi connectivity index (χ0n) is 10.1. The van der Waals surface area contributed by atoms with E-state index in [0.717, 1.165) is 17.8 Å². The largest absolute Gasteiger partial charge is 0.381 e. The summed E-state index contributed by atoms with van der Waals surface area (Å²) in [4.78, 5) is 0. The van der Waals surface area contributed by atoms with E-state index in [0.29, 0.717) is 0 Å². The molecule has 1 nitrogen and oxygen atoms in total. The summed E-state index contributed by atoms with van der Waals surface area (Å²) < 4.78 is 0. The molecule has 0 bridgehead atoms. The number of rotatable bonds is 4. The number of nitrogens with one attached hydrogen (secondary N) is 1. The minimum atomic E-state index is 0.771. The topological polar surface area (TPSA) is 12.0 Å². The lowest BCUT2D eigenvalue weighted by Gasteiger charge is -2.09. The molecule has 86 valence electrons. The van der Waals surface area contributed by atoms with Gasteiger partial charge in [-0.25, -0.2) is 0 Å². The maximum Gasteiger partial charge on any atom is 0.0400 e. The summed E-state index contributed by atoms with van der Waals surface area (Å²) in [5.74, 6) is 0. The van der Waals surface area contributed by atoms with Gasteiger partial charge in [0.1, 0.15) is 0 Å². The summed E-state index contributed by atoms with van der Waals surface area (Å²) in [5, 5.41) is 3.38. The lowest BCUT2D eigenvalue weighted by Crippen LogP contribution is -2.03. The molecule has 0 unspecified atom stereocenters. The molecule has 0 saturated carbocycles. The van der Waals surface area contributed by atoms with E-state index >= 15 is 0 Å². The molecule has 0 amide bonds. The smallest absolute Gasteiger partial charge is 0.0400 e. The lowest BCUT2D eigenvalue weighted by molar-refractivity contribution is 1.33. The lowest BCUT2D eigenvalue weighted by atomic mass is 10.1. The normalized spacial score (nSPS) is 9.94. The number of benzene rings is 2. The van der Waals surface area contributed by atoms with Gasteiger partial charge in [0, 0.05) is 12.2 Å². The van der Waals surface area contributed by atoms with Crippen molar-refractivity contribution in [2.75, 3.05) is 11.9 Å². The Morgan fingerprint density at radius 3 is 2.53 bits per heavy atom. The zero-order chi connectivity index (χ0) is 12.1. The maximum atomic E-state index is 4.10. The minimum absolute atomic E-state index is 0.771. The van der Waals surface area contributed by atoms with Gasteiger partial charge < -0.3 is 5.32 Å². The highest BCUT2D eigenvalue weighted by atomic mass is 14.9. The Labute approximate surface area is 103 Å². The van der Waals surface area contributed by atoms with Crippen LogP contribution in [0.1, 0.15) is 11.1 Å². The molecule has 0 saturated heterocycles.